The molecular formula is C21H14N2O5S4. The average Bonchev–Trinajstić information content (AvgIpc) is 3.45. The van der Waals surface area contributed by atoms with Gasteiger partial charge < -0.3 is 9.84 Å². The van der Waals surface area contributed by atoms with Crippen molar-refractivity contribution in [1.29, 1.82) is 0 Å². The summed E-state index contributed by atoms with van der Waals surface area (Å²) in [5, 5.41) is 10.0. The minimum absolute atomic E-state index is 0.0805. The molecule has 0 amide bonds. The van der Waals surface area contributed by atoms with Crippen LogP contribution in [0.1, 0.15) is 0 Å². The lowest BCUT2D eigenvalue weighted by molar-refractivity contribution is -0.169. The molecule has 32 heavy (non-hydrogen) atoms. The summed E-state index contributed by atoms with van der Waals surface area (Å²) in [4.78, 5) is 46.0. The monoisotopic (exact) mass is 502 g/mol. The summed E-state index contributed by atoms with van der Waals surface area (Å²) in [6.45, 7) is 0. The third kappa shape index (κ3) is 3.79. The number of para-hydroxylation sites is 2. The van der Waals surface area contributed by atoms with Crippen molar-refractivity contribution >= 4 is 84.4 Å². The molecule has 2 atom stereocenters. The van der Waals surface area contributed by atoms with Gasteiger partial charge in [0.25, 0.3) is 0 Å². The van der Waals surface area contributed by atoms with Gasteiger partial charge in [-0.1, -0.05) is 47.8 Å². The van der Waals surface area contributed by atoms with Crippen molar-refractivity contribution in [2.24, 2.45) is 5.92 Å². The molecule has 2 aromatic carbocycles. The molecule has 3 heterocycles. The van der Waals surface area contributed by atoms with Crippen molar-refractivity contribution in [3.05, 3.63) is 48.5 Å². The van der Waals surface area contributed by atoms with Gasteiger partial charge in [-0.2, -0.15) is 0 Å². The summed E-state index contributed by atoms with van der Waals surface area (Å²) in [7, 11) is 0. The van der Waals surface area contributed by atoms with Gasteiger partial charge in [-0.15, -0.1) is 22.7 Å². The quantitative estimate of drug-likeness (QED) is 0.224. The van der Waals surface area contributed by atoms with Crippen LogP contribution < -0.4 is 0 Å². The fourth-order valence-electron chi connectivity index (χ4n) is 3.38. The average molecular weight is 503 g/mol. The Labute approximate surface area is 198 Å². The predicted octanol–water partition coefficient (Wildman–Crippen LogP) is 4.36. The number of hydrogen-bond acceptors (Lipinski definition) is 10. The van der Waals surface area contributed by atoms with Crippen LogP contribution in [0.3, 0.4) is 0 Å². The van der Waals surface area contributed by atoms with E-state index < -0.39 is 29.2 Å². The molecule has 2 aromatic heterocycles. The van der Waals surface area contributed by atoms with E-state index in [-0.39, 0.29) is 11.5 Å². The number of thiazole rings is 2. The molecule has 1 N–H and O–H groups in total. The topological polar surface area (TPSA) is 106 Å². The summed E-state index contributed by atoms with van der Waals surface area (Å²) in [5.41, 5.74) is -0.298. The molecule has 11 heteroatoms. The number of thioether (sulfide) groups is 2. The van der Waals surface area contributed by atoms with Crippen molar-refractivity contribution in [2.75, 3.05) is 11.5 Å². The number of aromatic nitrogens is 2. The SMILES string of the molecule is O=C1OC(CSc2nc3ccccc3s2)(C(=O)O)C(CSc2nc3ccccc3s2)C1=O. The third-order valence-electron chi connectivity index (χ3n) is 5.05. The number of cyclic esters (lactones) is 1. The van der Waals surface area contributed by atoms with E-state index in [0.29, 0.717) is 8.68 Å². The molecule has 0 radical (unpaired) electrons. The fraction of sp³-hybridized carbons (Fsp3) is 0.190. The second-order valence-corrected chi connectivity index (χ2v) is 11.5. The van der Waals surface area contributed by atoms with E-state index in [1.165, 1.54) is 46.2 Å². The highest BCUT2D eigenvalue weighted by molar-refractivity contribution is 8.01. The first-order valence-corrected chi connectivity index (χ1v) is 13.0. The van der Waals surface area contributed by atoms with Crippen LogP contribution in [0.15, 0.2) is 57.2 Å². The van der Waals surface area contributed by atoms with Gasteiger partial charge in [-0.3, -0.25) is 4.79 Å². The summed E-state index contributed by atoms with van der Waals surface area (Å²) in [6.07, 6.45) is 0. The first-order valence-electron chi connectivity index (χ1n) is 9.43. The summed E-state index contributed by atoms with van der Waals surface area (Å²) >= 11 is 5.33. The number of Topliss-reactive ketones (excluding diaryl/α,β-unsaturated/α-hetero) is 1. The zero-order valence-corrected chi connectivity index (χ0v) is 19.5. The Bertz CT molecular complexity index is 1300. The van der Waals surface area contributed by atoms with E-state index in [4.69, 9.17) is 4.74 Å². The van der Waals surface area contributed by atoms with Gasteiger partial charge in [0.2, 0.25) is 11.4 Å². The number of nitrogens with zero attached hydrogens (tertiary/aromatic N) is 2. The number of carbonyl (C=O) groups is 3. The van der Waals surface area contributed by atoms with E-state index in [0.717, 1.165) is 20.4 Å². The molecule has 0 bridgehead atoms. The van der Waals surface area contributed by atoms with Crippen LogP contribution >= 0.6 is 46.2 Å². The predicted molar refractivity (Wildman–Crippen MR) is 126 cm³/mol. The minimum Gasteiger partial charge on any atom is -0.478 e. The number of carbonyl (C=O) groups excluding carboxylic acids is 2. The molecule has 2 unspecified atom stereocenters. The Balaban J connectivity index is 1.38. The van der Waals surface area contributed by atoms with Gasteiger partial charge in [0, 0.05) is 5.75 Å². The highest BCUT2D eigenvalue weighted by atomic mass is 32.2. The Morgan fingerprint density at radius 2 is 1.53 bits per heavy atom. The molecule has 0 saturated carbocycles. The Morgan fingerprint density at radius 3 is 2.09 bits per heavy atom. The number of fused-ring (bicyclic) bond motifs is 2. The second-order valence-electron chi connectivity index (χ2n) is 7.00. The van der Waals surface area contributed by atoms with E-state index in [1.54, 1.807) is 0 Å². The molecule has 162 valence electrons. The summed E-state index contributed by atoms with van der Waals surface area (Å²) in [5.74, 6) is -4.40. The van der Waals surface area contributed by atoms with E-state index in [2.05, 4.69) is 9.97 Å². The Morgan fingerprint density at radius 1 is 0.969 bits per heavy atom. The zero-order chi connectivity index (χ0) is 22.3. The number of carboxylic acids is 1. The first-order chi connectivity index (χ1) is 15.5. The fourth-order valence-corrected chi connectivity index (χ4v) is 7.95. The van der Waals surface area contributed by atoms with E-state index in [9.17, 15) is 19.5 Å². The van der Waals surface area contributed by atoms with Crippen LogP contribution in [0.5, 0.6) is 0 Å². The maximum absolute atomic E-state index is 12.6. The first kappa shape index (κ1) is 21.4. The van der Waals surface area contributed by atoms with Crippen LogP contribution in [0.2, 0.25) is 0 Å². The molecule has 1 aliphatic heterocycles. The van der Waals surface area contributed by atoms with Crippen molar-refractivity contribution in [2.45, 2.75) is 14.3 Å². The summed E-state index contributed by atoms with van der Waals surface area (Å²) in [6, 6.07) is 15.2. The highest BCUT2D eigenvalue weighted by Crippen LogP contribution is 2.41. The molecule has 4 aromatic rings. The number of benzene rings is 2. The summed E-state index contributed by atoms with van der Waals surface area (Å²) < 4.78 is 8.54. The third-order valence-corrected chi connectivity index (χ3v) is 9.67. The smallest absolute Gasteiger partial charge is 0.376 e. The van der Waals surface area contributed by atoms with Crippen LogP contribution in [-0.4, -0.2) is 49.9 Å². The second kappa shape index (κ2) is 8.47. The van der Waals surface area contributed by atoms with Crippen molar-refractivity contribution in [3.8, 4) is 0 Å². The number of rotatable bonds is 7. The van der Waals surface area contributed by atoms with E-state index >= 15 is 0 Å². The Hall–Kier alpha value is -2.47. The number of aliphatic carboxylic acids is 1. The van der Waals surface area contributed by atoms with E-state index in [1.807, 2.05) is 48.5 Å². The molecule has 5 rings (SSSR count). The van der Waals surface area contributed by atoms with Gasteiger partial charge in [0.1, 0.15) is 0 Å². The van der Waals surface area contributed by atoms with Crippen LogP contribution in [-0.2, 0) is 19.1 Å². The van der Waals surface area contributed by atoms with Crippen molar-refractivity contribution < 1.29 is 24.2 Å². The standard InChI is InChI=1S/C21H14N2O5S4/c24-16-11(9-29-19-22-12-5-1-3-7-14(12)31-19)21(18(26)27,28-17(16)25)10-30-20-23-13-6-2-4-8-15(13)32-20/h1-8,11H,9-10H2,(H,26,27). The number of esters is 1. The lowest BCUT2D eigenvalue weighted by atomic mass is 9.90. The van der Waals surface area contributed by atoms with Crippen LogP contribution in [0.25, 0.3) is 20.4 Å². The number of ether oxygens (including phenoxy) is 1. The largest absolute Gasteiger partial charge is 0.478 e. The molecule has 0 spiro atoms. The molecule has 1 aliphatic rings. The lowest BCUT2D eigenvalue weighted by Gasteiger charge is -2.26. The van der Waals surface area contributed by atoms with Crippen molar-refractivity contribution in [3.63, 3.8) is 0 Å². The van der Waals surface area contributed by atoms with Crippen LogP contribution in [0, 0.1) is 5.92 Å². The van der Waals surface area contributed by atoms with Gasteiger partial charge in [0.15, 0.2) is 8.68 Å². The molecule has 7 nitrogen and oxygen atoms in total. The minimum atomic E-state index is -1.94. The van der Waals surface area contributed by atoms with Gasteiger partial charge >= 0.3 is 11.9 Å². The number of ketones is 1. The van der Waals surface area contributed by atoms with Gasteiger partial charge in [-0.05, 0) is 24.3 Å². The van der Waals surface area contributed by atoms with Crippen molar-refractivity contribution in [1.82, 2.24) is 9.97 Å². The normalized spacial score (nSPS) is 20.8. The zero-order valence-electron chi connectivity index (χ0n) is 16.2. The molecule has 0 aliphatic carbocycles. The molecular weight excluding hydrogens is 489 g/mol. The Kier molecular flexibility index (Phi) is 5.66. The van der Waals surface area contributed by atoms with Crippen LogP contribution in [0.4, 0.5) is 0 Å². The molecule has 1 saturated heterocycles. The lowest BCUT2D eigenvalue weighted by Crippen LogP contribution is -2.48. The van der Waals surface area contributed by atoms with Gasteiger partial charge in [0.05, 0.1) is 32.1 Å². The maximum atomic E-state index is 12.6. The van der Waals surface area contributed by atoms with Gasteiger partial charge in [-0.25, -0.2) is 19.6 Å². The number of hydrogen-bond donors (Lipinski definition) is 1. The molecule has 1 fully saturated rings. The maximum Gasteiger partial charge on any atom is 0.376 e. The highest BCUT2D eigenvalue weighted by Gasteiger charge is 2.60. The number of carboxylic acid groups (broad SMARTS) is 1.